The van der Waals surface area contributed by atoms with E-state index in [2.05, 4.69) is 20.7 Å². The van der Waals surface area contributed by atoms with Gasteiger partial charge in [0.1, 0.15) is 6.54 Å². The number of hydrogen-bond donors (Lipinski definition) is 1. The lowest BCUT2D eigenvalue weighted by Crippen LogP contribution is -2.21. The minimum absolute atomic E-state index is 0.0598. The first-order valence-corrected chi connectivity index (χ1v) is 8.14. The molecule has 0 aliphatic carbocycles. The van der Waals surface area contributed by atoms with Crippen molar-refractivity contribution < 1.29 is 22.9 Å². The van der Waals surface area contributed by atoms with Gasteiger partial charge in [0.05, 0.1) is 10.5 Å². The third-order valence-corrected chi connectivity index (χ3v) is 3.88. The molecule has 1 aromatic heterocycles. The van der Waals surface area contributed by atoms with Crippen LogP contribution in [0.25, 0.3) is 11.4 Å². The van der Waals surface area contributed by atoms with Crippen molar-refractivity contribution in [3.63, 3.8) is 0 Å². The van der Waals surface area contributed by atoms with Gasteiger partial charge in [-0.25, -0.2) is 0 Å². The molecule has 2 aromatic carbocycles. The number of rotatable bonds is 5. The molecule has 0 fully saturated rings. The zero-order valence-electron chi connectivity index (χ0n) is 14.8. The lowest BCUT2D eigenvalue weighted by Gasteiger charge is -2.07. The number of nitro groups is 1. The maximum atomic E-state index is 12.8. The monoisotopic (exact) mass is 406 g/mol. The van der Waals surface area contributed by atoms with Gasteiger partial charge in [0.15, 0.2) is 0 Å². The van der Waals surface area contributed by atoms with Crippen molar-refractivity contribution in [2.45, 2.75) is 19.6 Å². The van der Waals surface area contributed by atoms with Gasteiger partial charge in [-0.3, -0.25) is 14.9 Å². The molecule has 9 nitrogen and oxygen atoms in total. The van der Waals surface area contributed by atoms with Crippen LogP contribution in [0.1, 0.15) is 11.1 Å². The van der Waals surface area contributed by atoms with E-state index < -0.39 is 22.6 Å². The van der Waals surface area contributed by atoms with Crippen LogP contribution in [0.15, 0.2) is 42.5 Å². The summed E-state index contributed by atoms with van der Waals surface area (Å²) in [6, 6.07) is 8.40. The van der Waals surface area contributed by atoms with Gasteiger partial charge in [-0.2, -0.15) is 18.0 Å². The summed E-state index contributed by atoms with van der Waals surface area (Å²) in [4.78, 5) is 23.3. The van der Waals surface area contributed by atoms with Crippen LogP contribution in [-0.4, -0.2) is 31.0 Å². The summed E-state index contributed by atoms with van der Waals surface area (Å²) in [7, 11) is 0. The summed E-state index contributed by atoms with van der Waals surface area (Å²) in [5, 5.41) is 24.6. The Labute approximate surface area is 161 Å². The van der Waals surface area contributed by atoms with Crippen molar-refractivity contribution in [1.29, 1.82) is 0 Å². The number of alkyl halides is 3. The lowest BCUT2D eigenvalue weighted by atomic mass is 10.1. The van der Waals surface area contributed by atoms with Crippen molar-refractivity contribution in [2.24, 2.45) is 0 Å². The van der Waals surface area contributed by atoms with E-state index in [-0.39, 0.29) is 23.6 Å². The highest BCUT2D eigenvalue weighted by Gasteiger charge is 2.30. The topological polar surface area (TPSA) is 116 Å². The quantitative estimate of drug-likeness (QED) is 0.514. The van der Waals surface area contributed by atoms with Crippen LogP contribution in [0.2, 0.25) is 0 Å². The Hall–Kier alpha value is -3.83. The Morgan fingerprint density at radius 3 is 2.66 bits per heavy atom. The van der Waals surface area contributed by atoms with Crippen molar-refractivity contribution >= 4 is 17.3 Å². The number of nitrogens with zero attached hydrogens (tertiary/aromatic N) is 5. The number of carbonyl (C=O) groups is 1. The molecule has 0 aliphatic rings. The fourth-order valence-corrected chi connectivity index (χ4v) is 2.48. The molecule has 1 heterocycles. The number of nitrogens with one attached hydrogen (secondary N) is 1. The molecule has 3 aromatic rings. The van der Waals surface area contributed by atoms with Crippen molar-refractivity contribution in [2.75, 3.05) is 5.32 Å². The fraction of sp³-hybridized carbons (Fsp3) is 0.176. The summed E-state index contributed by atoms with van der Waals surface area (Å²) in [5.74, 6) is -0.592. The van der Waals surface area contributed by atoms with E-state index in [1.165, 1.54) is 30.3 Å². The van der Waals surface area contributed by atoms with Gasteiger partial charge < -0.3 is 5.32 Å². The van der Waals surface area contributed by atoms with E-state index in [0.29, 0.717) is 11.3 Å². The molecular formula is C17H13F3N6O3. The van der Waals surface area contributed by atoms with Crippen molar-refractivity contribution in [3.05, 3.63) is 63.7 Å². The first-order chi connectivity index (χ1) is 13.6. The molecule has 0 saturated heterocycles. The van der Waals surface area contributed by atoms with Crippen LogP contribution in [0, 0.1) is 17.0 Å². The number of benzene rings is 2. The summed E-state index contributed by atoms with van der Waals surface area (Å²) >= 11 is 0. The Bertz CT molecular complexity index is 1080. The minimum atomic E-state index is -4.51. The predicted molar refractivity (Wildman–Crippen MR) is 94.7 cm³/mol. The van der Waals surface area contributed by atoms with Crippen LogP contribution < -0.4 is 5.32 Å². The summed E-state index contributed by atoms with van der Waals surface area (Å²) < 4.78 is 38.5. The van der Waals surface area contributed by atoms with Crippen molar-refractivity contribution in [3.8, 4) is 11.4 Å². The normalized spacial score (nSPS) is 11.3. The summed E-state index contributed by atoms with van der Waals surface area (Å²) in [5.41, 5.74) is 0.0159. The van der Waals surface area contributed by atoms with Gasteiger partial charge in [-0.1, -0.05) is 12.1 Å². The first-order valence-electron chi connectivity index (χ1n) is 8.14. The van der Waals surface area contributed by atoms with Crippen LogP contribution >= 0.6 is 0 Å². The second-order valence-corrected chi connectivity index (χ2v) is 6.03. The second kappa shape index (κ2) is 7.66. The average Bonchev–Trinajstić information content (AvgIpc) is 3.11. The smallest absolute Gasteiger partial charge is 0.324 e. The van der Waals surface area contributed by atoms with E-state index >= 15 is 0 Å². The molecule has 0 radical (unpaired) electrons. The fourth-order valence-electron chi connectivity index (χ4n) is 2.48. The van der Waals surface area contributed by atoms with Gasteiger partial charge in [-0.15, -0.1) is 10.2 Å². The maximum absolute atomic E-state index is 12.8. The number of non-ortho nitro benzene ring substituents is 1. The number of anilines is 1. The molecule has 0 bridgehead atoms. The number of aryl methyl sites for hydroxylation is 1. The van der Waals surface area contributed by atoms with E-state index in [1.54, 1.807) is 6.92 Å². The van der Waals surface area contributed by atoms with Crippen LogP contribution in [0.3, 0.4) is 0 Å². The van der Waals surface area contributed by atoms with E-state index in [9.17, 15) is 28.1 Å². The first kappa shape index (κ1) is 19.9. The molecule has 150 valence electrons. The Morgan fingerprint density at radius 2 is 2.00 bits per heavy atom. The molecule has 0 spiro atoms. The lowest BCUT2D eigenvalue weighted by molar-refractivity contribution is -0.384. The van der Waals surface area contributed by atoms with Crippen molar-refractivity contribution in [1.82, 2.24) is 20.2 Å². The molecule has 0 saturated carbocycles. The van der Waals surface area contributed by atoms with Crippen LogP contribution in [0.5, 0.6) is 0 Å². The molecule has 29 heavy (non-hydrogen) atoms. The zero-order valence-corrected chi connectivity index (χ0v) is 14.8. The van der Waals surface area contributed by atoms with E-state index in [1.807, 2.05) is 0 Å². The molecule has 0 unspecified atom stereocenters. The average molecular weight is 406 g/mol. The van der Waals surface area contributed by atoms with E-state index in [0.717, 1.165) is 16.9 Å². The van der Waals surface area contributed by atoms with Gasteiger partial charge in [0.2, 0.25) is 11.7 Å². The SMILES string of the molecule is Cc1cc([N+](=O)[O-])ccc1NC(=O)Cn1nnc(-c2cccc(C(F)(F)F)c2)n1. The Kier molecular flexibility index (Phi) is 5.26. The highest BCUT2D eigenvalue weighted by molar-refractivity contribution is 5.91. The highest BCUT2D eigenvalue weighted by Crippen LogP contribution is 2.31. The summed E-state index contributed by atoms with van der Waals surface area (Å²) in [6.07, 6.45) is -4.51. The maximum Gasteiger partial charge on any atom is 0.416 e. The number of amides is 1. The highest BCUT2D eigenvalue weighted by atomic mass is 19.4. The molecule has 3 rings (SSSR count). The van der Waals surface area contributed by atoms with Crippen LogP contribution in [0.4, 0.5) is 24.5 Å². The molecule has 1 N–H and O–H groups in total. The Balaban J connectivity index is 1.70. The number of nitro benzene ring substituents is 1. The minimum Gasteiger partial charge on any atom is -0.324 e. The van der Waals surface area contributed by atoms with Gasteiger partial charge in [0.25, 0.3) is 5.69 Å². The standard InChI is InChI=1S/C17H13F3N6O3/c1-10-7-13(26(28)29)5-6-14(10)21-15(27)9-25-23-16(22-24-25)11-3-2-4-12(8-11)17(18,19)20/h2-8H,9H2,1H3,(H,21,27). The summed E-state index contributed by atoms with van der Waals surface area (Å²) in [6.45, 7) is 1.25. The molecular weight excluding hydrogens is 393 g/mol. The third kappa shape index (κ3) is 4.72. The van der Waals surface area contributed by atoms with Gasteiger partial charge in [-0.05, 0) is 35.9 Å². The van der Waals surface area contributed by atoms with E-state index in [4.69, 9.17) is 0 Å². The zero-order chi connectivity index (χ0) is 21.2. The number of aromatic nitrogens is 4. The number of hydrogen-bond acceptors (Lipinski definition) is 6. The third-order valence-electron chi connectivity index (χ3n) is 3.88. The predicted octanol–water partition coefficient (Wildman–Crippen LogP) is 3.21. The number of tetrazole rings is 1. The number of halogens is 3. The largest absolute Gasteiger partial charge is 0.416 e. The molecule has 0 atom stereocenters. The van der Waals surface area contributed by atoms with Crippen LogP contribution in [-0.2, 0) is 17.5 Å². The second-order valence-electron chi connectivity index (χ2n) is 6.03. The van der Waals surface area contributed by atoms with Gasteiger partial charge >= 0.3 is 6.18 Å². The number of carbonyl (C=O) groups excluding carboxylic acids is 1. The molecule has 1 amide bonds. The van der Waals surface area contributed by atoms with Gasteiger partial charge in [0, 0.05) is 23.4 Å². The molecule has 0 aliphatic heterocycles. The Morgan fingerprint density at radius 1 is 1.24 bits per heavy atom. The molecule has 12 heteroatoms.